The Bertz CT molecular complexity index is 423. The van der Waals surface area contributed by atoms with E-state index >= 15 is 0 Å². The molecule has 3 rings (SSSR count). The van der Waals surface area contributed by atoms with Gasteiger partial charge in [0, 0.05) is 24.4 Å². The van der Waals surface area contributed by atoms with Gasteiger partial charge in [-0.05, 0) is 31.7 Å². The highest BCUT2D eigenvalue weighted by atomic mass is 16.5. The van der Waals surface area contributed by atoms with E-state index in [0.29, 0.717) is 0 Å². The second-order valence-corrected chi connectivity index (χ2v) is 4.81. The van der Waals surface area contributed by atoms with Gasteiger partial charge in [-0.15, -0.1) is 0 Å². The third kappa shape index (κ3) is 1.95. The summed E-state index contributed by atoms with van der Waals surface area (Å²) in [6.45, 7) is 0.775. The van der Waals surface area contributed by atoms with Crippen molar-refractivity contribution in [3.05, 3.63) is 18.0 Å². The average Bonchev–Trinajstić information content (AvgIpc) is 3.00. The van der Waals surface area contributed by atoms with Crippen LogP contribution in [0.5, 0.6) is 0 Å². The standard InChI is InChI=1S/C12H16N2O3/c15-12(16)9-7-8(9)10-4-5-13-14(10)11-3-1-2-6-17-11/h4-5,8-9,11H,1-3,6-7H2,(H,15,16)/t8-,9-,11?/m0/s1. The molecule has 5 heteroatoms. The molecule has 2 aliphatic rings. The van der Waals surface area contributed by atoms with E-state index in [1.807, 2.05) is 10.7 Å². The summed E-state index contributed by atoms with van der Waals surface area (Å²) < 4.78 is 7.57. The predicted molar refractivity (Wildman–Crippen MR) is 59.6 cm³/mol. The van der Waals surface area contributed by atoms with Gasteiger partial charge in [0.2, 0.25) is 0 Å². The first-order chi connectivity index (χ1) is 8.27. The van der Waals surface area contributed by atoms with E-state index < -0.39 is 5.97 Å². The molecule has 2 heterocycles. The van der Waals surface area contributed by atoms with E-state index in [1.54, 1.807) is 6.20 Å². The number of ether oxygens (including phenoxy) is 1. The van der Waals surface area contributed by atoms with E-state index in [-0.39, 0.29) is 18.1 Å². The topological polar surface area (TPSA) is 64.3 Å². The smallest absolute Gasteiger partial charge is 0.307 e. The molecular weight excluding hydrogens is 220 g/mol. The van der Waals surface area contributed by atoms with Crippen molar-refractivity contribution < 1.29 is 14.6 Å². The number of hydrogen-bond donors (Lipinski definition) is 1. The molecular formula is C12H16N2O3. The van der Waals surface area contributed by atoms with Crippen molar-refractivity contribution >= 4 is 5.97 Å². The Morgan fingerprint density at radius 2 is 2.41 bits per heavy atom. The van der Waals surface area contributed by atoms with Crippen molar-refractivity contribution in [1.29, 1.82) is 0 Å². The molecule has 2 fully saturated rings. The minimum atomic E-state index is -0.702. The van der Waals surface area contributed by atoms with Crippen molar-refractivity contribution in [3.63, 3.8) is 0 Å². The number of carboxylic acid groups (broad SMARTS) is 1. The molecule has 1 saturated carbocycles. The lowest BCUT2D eigenvalue weighted by Crippen LogP contribution is -2.21. The van der Waals surface area contributed by atoms with Crippen LogP contribution in [-0.2, 0) is 9.53 Å². The van der Waals surface area contributed by atoms with Crippen molar-refractivity contribution in [2.24, 2.45) is 5.92 Å². The van der Waals surface area contributed by atoms with Crippen LogP contribution in [0, 0.1) is 5.92 Å². The van der Waals surface area contributed by atoms with Crippen molar-refractivity contribution in [2.45, 2.75) is 37.8 Å². The summed E-state index contributed by atoms with van der Waals surface area (Å²) in [5, 5.41) is 13.3. The van der Waals surface area contributed by atoms with Gasteiger partial charge in [-0.3, -0.25) is 4.79 Å². The van der Waals surface area contributed by atoms with Crippen LogP contribution in [0.15, 0.2) is 12.3 Å². The second-order valence-electron chi connectivity index (χ2n) is 4.81. The molecule has 5 nitrogen and oxygen atoms in total. The van der Waals surface area contributed by atoms with Gasteiger partial charge in [0.15, 0.2) is 0 Å². The van der Waals surface area contributed by atoms with E-state index in [2.05, 4.69) is 5.10 Å². The van der Waals surface area contributed by atoms with Crippen LogP contribution in [0.2, 0.25) is 0 Å². The quantitative estimate of drug-likeness (QED) is 0.868. The summed E-state index contributed by atoms with van der Waals surface area (Å²) in [6.07, 6.45) is 5.70. The monoisotopic (exact) mass is 236 g/mol. The molecule has 0 radical (unpaired) electrons. The van der Waals surface area contributed by atoms with E-state index in [4.69, 9.17) is 9.84 Å². The molecule has 0 spiro atoms. The molecule has 3 atom stereocenters. The lowest BCUT2D eigenvalue weighted by molar-refractivity contribution is -0.138. The summed E-state index contributed by atoms with van der Waals surface area (Å²) in [5.41, 5.74) is 1.02. The average molecular weight is 236 g/mol. The summed E-state index contributed by atoms with van der Waals surface area (Å²) >= 11 is 0. The third-order valence-electron chi connectivity index (χ3n) is 3.62. The van der Waals surface area contributed by atoms with Crippen molar-refractivity contribution in [2.75, 3.05) is 6.61 Å². The van der Waals surface area contributed by atoms with Gasteiger partial charge in [0.1, 0.15) is 6.23 Å². The number of nitrogens with zero attached hydrogens (tertiary/aromatic N) is 2. The van der Waals surface area contributed by atoms with Crippen molar-refractivity contribution in [1.82, 2.24) is 9.78 Å². The zero-order valence-corrected chi connectivity index (χ0v) is 9.58. The Labute approximate surface area is 99.4 Å². The fourth-order valence-electron chi connectivity index (χ4n) is 2.57. The van der Waals surface area contributed by atoms with Crippen LogP contribution < -0.4 is 0 Å². The highest BCUT2D eigenvalue weighted by molar-refractivity contribution is 5.75. The molecule has 92 valence electrons. The van der Waals surface area contributed by atoms with Gasteiger partial charge in [0.25, 0.3) is 0 Å². The molecule has 0 aromatic carbocycles. The molecule has 1 aliphatic carbocycles. The number of rotatable bonds is 3. The van der Waals surface area contributed by atoms with Gasteiger partial charge >= 0.3 is 5.97 Å². The molecule has 1 unspecified atom stereocenters. The molecule has 1 aromatic rings. The highest BCUT2D eigenvalue weighted by Crippen LogP contribution is 2.48. The third-order valence-corrected chi connectivity index (χ3v) is 3.62. The summed E-state index contributed by atoms with van der Waals surface area (Å²) in [7, 11) is 0. The Morgan fingerprint density at radius 3 is 3.06 bits per heavy atom. The van der Waals surface area contributed by atoms with E-state index in [9.17, 15) is 4.79 Å². The number of carboxylic acids is 1. The van der Waals surface area contributed by atoms with Gasteiger partial charge in [0.05, 0.1) is 5.92 Å². The van der Waals surface area contributed by atoms with Gasteiger partial charge in [-0.25, -0.2) is 4.68 Å². The highest BCUT2D eigenvalue weighted by Gasteiger charge is 2.46. The first-order valence-electron chi connectivity index (χ1n) is 6.15. The first kappa shape index (κ1) is 10.8. The Kier molecular flexibility index (Phi) is 2.63. The maximum absolute atomic E-state index is 10.9. The minimum absolute atomic E-state index is 0.00351. The molecule has 1 aliphatic heterocycles. The molecule has 17 heavy (non-hydrogen) atoms. The van der Waals surface area contributed by atoms with Crippen LogP contribution in [0.3, 0.4) is 0 Å². The fourth-order valence-corrected chi connectivity index (χ4v) is 2.57. The Hall–Kier alpha value is -1.36. The minimum Gasteiger partial charge on any atom is -0.481 e. The predicted octanol–water partition coefficient (Wildman–Crippen LogP) is 1.77. The Balaban J connectivity index is 1.78. The molecule has 1 N–H and O–H groups in total. The van der Waals surface area contributed by atoms with E-state index in [0.717, 1.165) is 38.0 Å². The summed E-state index contributed by atoms with van der Waals surface area (Å²) in [5.74, 6) is -0.804. The fraction of sp³-hybridized carbons (Fsp3) is 0.667. The number of carbonyl (C=O) groups is 1. The zero-order valence-electron chi connectivity index (χ0n) is 9.58. The maximum Gasteiger partial charge on any atom is 0.307 e. The van der Waals surface area contributed by atoms with Gasteiger partial charge in [-0.1, -0.05) is 0 Å². The normalized spacial score (nSPS) is 32.4. The van der Waals surface area contributed by atoms with Crippen LogP contribution in [0.25, 0.3) is 0 Å². The SMILES string of the molecule is O=C(O)[C@H]1C[C@@H]1c1ccnn1C1CCCCO1. The second kappa shape index (κ2) is 4.14. The lowest BCUT2D eigenvalue weighted by atomic mass is 10.1. The number of hydrogen-bond acceptors (Lipinski definition) is 3. The molecule has 1 aromatic heterocycles. The van der Waals surface area contributed by atoms with E-state index in [1.165, 1.54) is 0 Å². The molecule has 1 saturated heterocycles. The van der Waals surface area contributed by atoms with Gasteiger partial charge < -0.3 is 9.84 Å². The first-order valence-corrected chi connectivity index (χ1v) is 6.15. The van der Waals surface area contributed by atoms with Crippen LogP contribution >= 0.6 is 0 Å². The Morgan fingerprint density at radius 1 is 1.53 bits per heavy atom. The largest absolute Gasteiger partial charge is 0.481 e. The zero-order chi connectivity index (χ0) is 11.8. The molecule has 0 bridgehead atoms. The lowest BCUT2D eigenvalue weighted by Gasteiger charge is -2.24. The van der Waals surface area contributed by atoms with Gasteiger partial charge in [-0.2, -0.15) is 5.10 Å². The molecule has 0 amide bonds. The van der Waals surface area contributed by atoms with Crippen molar-refractivity contribution in [3.8, 4) is 0 Å². The van der Waals surface area contributed by atoms with Crippen LogP contribution in [0.4, 0.5) is 0 Å². The maximum atomic E-state index is 10.9. The van der Waals surface area contributed by atoms with Crippen LogP contribution in [-0.4, -0.2) is 27.5 Å². The van der Waals surface area contributed by atoms with Crippen LogP contribution in [0.1, 0.15) is 43.5 Å². The number of aliphatic carboxylic acids is 1. The number of aromatic nitrogens is 2. The summed E-state index contributed by atoms with van der Waals surface area (Å²) in [6, 6.07) is 1.92. The summed E-state index contributed by atoms with van der Waals surface area (Å²) in [4.78, 5) is 10.9.